The molecule has 0 aliphatic carbocycles. The Morgan fingerprint density at radius 1 is 1.07 bits per heavy atom. The number of benzene rings is 2. The second-order valence-corrected chi connectivity index (χ2v) is 6.57. The van der Waals surface area contributed by atoms with Crippen LogP contribution < -0.4 is 10.1 Å². The number of carbonyl (C=O) groups is 2. The third kappa shape index (κ3) is 5.48. The van der Waals surface area contributed by atoms with Gasteiger partial charge in [0.1, 0.15) is 5.75 Å². The lowest BCUT2D eigenvalue weighted by Gasteiger charge is -2.17. The minimum Gasteiger partial charge on any atom is -0.406 e. The third-order valence-corrected chi connectivity index (χ3v) is 4.43. The zero-order valence-corrected chi connectivity index (χ0v) is 14.9. The Hall–Kier alpha value is -3.03. The number of ether oxygens (including phenoxy) is 1. The van der Waals surface area contributed by atoms with E-state index in [0.29, 0.717) is 12.1 Å². The fourth-order valence-electron chi connectivity index (χ4n) is 3.05. The van der Waals surface area contributed by atoms with Gasteiger partial charge in [-0.05, 0) is 23.3 Å². The van der Waals surface area contributed by atoms with Crippen LogP contribution in [-0.2, 0) is 22.7 Å². The van der Waals surface area contributed by atoms with Crippen molar-refractivity contribution in [3.8, 4) is 5.75 Å². The molecule has 0 aromatic heterocycles. The van der Waals surface area contributed by atoms with Crippen molar-refractivity contribution in [1.82, 2.24) is 10.2 Å². The lowest BCUT2D eigenvalue weighted by Crippen LogP contribution is -2.32. The Morgan fingerprint density at radius 3 is 2.39 bits per heavy atom. The summed E-state index contributed by atoms with van der Waals surface area (Å²) in [6, 6.07) is 14.8. The highest BCUT2D eigenvalue weighted by molar-refractivity contribution is 5.89. The van der Waals surface area contributed by atoms with Crippen LogP contribution in [0.5, 0.6) is 5.75 Å². The Kier molecular flexibility index (Phi) is 5.87. The van der Waals surface area contributed by atoms with E-state index in [4.69, 9.17) is 0 Å². The van der Waals surface area contributed by atoms with E-state index in [1.807, 2.05) is 30.3 Å². The summed E-state index contributed by atoms with van der Waals surface area (Å²) < 4.78 is 40.4. The summed E-state index contributed by atoms with van der Waals surface area (Å²) in [5, 5.41) is 2.83. The quantitative estimate of drug-likeness (QED) is 0.821. The molecule has 2 aromatic rings. The predicted molar refractivity (Wildman–Crippen MR) is 94.9 cm³/mol. The normalized spacial score (nSPS) is 16.9. The summed E-state index contributed by atoms with van der Waals surface area (Å²) in [6.45, 7) is 0.902. The minimum atomic E-state index is -4.74. The minimum absolute atomic E-state index is 0.121. The molecule has 1 fully saturated rings. The smallest absolute Gasteiger partial charge is 0.406 e. The number of nitrogens with zero attached hydrogens (tertiary/aromatic N) is 1. The second kappa shape index (κ2) is 8.33. The second-order valence-electron chi connectivity index (χ2n) is 6.57. The Balaban J connectivity index is 1.52. The summed E-state index contributed by atoms with van der Waals surface area (Å²) in [4.78, 5) is 26.1. The molecule has 0 radical (unpaired) electrons. The standard InChI is InChI=1S/C20H19F3N2O3/c21-20(22,23)28-17-8-6-15(7-9-17)12-25-13-16(10-18(25)26)19(27)24-11-14-4-2-1-3-5-14/h1-9,16H,10-13H2,(H,24,27)/t16-/m1/s1. The number of alkyl halides is 3. The summed E-state index contributed by atoms with van der Waals surface area (Å²) >= 11 is 0. The zero-order valence-electron chi connectivity index (χ0n) is 14.9. The van der Waals surface area contributed by atoms with Gasteiger partial charge in [-0.1, -0.05) is 42.5 Å². The molecule has 3 rings (SSSR count). The van der Waals surface area contributed by atoms with E-state index in [-0.39, 0.29) is 37.1 Å². The van der Waals surface area contributed by atoms with Crippen LogP contribution in [0, 0.1) is 5.92 Å². The molecule has 1 saturated heterocycles. The fraction of sp³-hybridized carbons (Fsp3) is 0.300. The van der Waals surface area contributed by atoms with Crippen LogP contribution in [0.1, 0.15) is 17.5 Å². The first-order valence-electron chi connectivity index (χ1n) is 8.74. The van der Waals surface area contributed by atoms with E-state index < -0.39 is 12.3 Å². The average Bonchev–Trinajstić information content (AvgIpc) is 3.02. The number of carbonyl (C=O) groups excluding carboxylic acids is 2. The molecule has 1 aliphatic rings. The molecule has 0 saturated carbocycles. The maximum absolute atomic E-state index is 12.3. The summed E-state index contributed by atoms with van der Waals surface area (Å²) in [7, 11) is 0. The summed E-state index contributed by atoms with van der Waals surface area (Å²) in [6.07, 6.45) is -4.62. The van der Waals surface area contributed by atoms with Crippen molar-refractivity contribution < 1.29 is 27.5 Å². The summed E-state index contributed by atoms with van der Waals surface area (Å²) in [5.74, 6) is -1.10. The summed E-state index contributed by atoms with van der Waals surface area (Å²) in [5.41, 5.74) is 1.63. The first-order chi connectivity index (χ1) is 13.3. The monoisotopic (exact) mass is 392 g/mol. The van der Waals surface area contributed by atoms with Gasteiger partial charge in [0, 0.05) is 26.1 Å². The molecule has 2 amide bonds. The number of rotatable bonds is 6. The lowest BCUT2D eigenvalue weighted by molar-refractivity contribution is -0.274. The van der Waals surface area contributed by atoms with Crippen LogP contribution in [0.2, 0.25) is 0 Å². The van der Waals surface area contributed by atoms with Crippen molar-refractivity contribution in [3.05, 3.63) is 65.7 Å². The van der Waals surface area contributed by atoms with Crippen LogP contribution >= 0.6 is 0 Å². The maximum atomic E-state index is 12.3. The van der Waals surface area contributed by atoms with Gasteiger partial charge in [0.15, 0.2) is 0 Å². The zero-order chi connectivity index (χ0) is 20.1. The number of amides is 2. The molecule has 1 heterocycles. The van der Waals surface area contributed by atoms with Crippen molar-refractivity contribution >= 4 is 11.8 Å². The van der Waals surface area contributed by atoms with Gasteiger partial charge in [-0.25, -0.2) is 0 Å². The van der Waals surface area contributed by atoms with Crippen molar-refractivity contribution in [3.63, 3.8) is 0 Å². The third-order valence-electron chi connectivity index (χ3n) is 4.43. The molecule has 5 nitrogen and oxygen atoms in total. The molecule has 148 valence electrons. The molecule has 0 spiro atoms. The van der Waals surface area contributed by atoms with Gasteiger partial charge in [-0.3, -0.25) is 9.59 Å². The van der Waals surface area contributed by atoms with E-state index in [2.05, 4.69) is 10.1 Å². The molecular formula is C20H19F3N2O3. The van der Waals surface area contributed by atoms with E-state index in [0.717, 1.165) is 5.56 Å². The van der Waals surface area contributed by atoms with E-state index in [9.17, 15) is 22.8 Å². The van der Waals surface area contributed by atoms with Crippen LogP contribution in [0.4, 0.5) is 13.2 Å². The van der Waals surface area contributed by atoms with Gasteiger partial charge >= 0.3 is 6.36 Å². The number of halogens is 3. The molecule has 0 unspecified atom stereocenters. The Bertz CT molecular complexity index is 823. The highest BCUT2D eigenvalue weighted by Crippen LogP contribution is 2.25. The Labute approximate surface area is 160 Å². The van der Waals surface area contributed by atoms with Gasteiger partial charge in [0.05, 0.1) is 5.92 Å². The van der Waals surface area contributed by atoms with Gasteiger partial charge in [-0.2, -0.15) is 0 Å². The molecular weight excluding hydrogens is 373 g/mol. The molecule has 1 aliphatic heterocycles. The fourth-order valence-corrected chi connectivity index (χ4v) is 3.05. The van der Waals surface area contributed by atoms with Crippen molar-refractivity contribution in [1.29, 1.82) is 0 Å². The van der Waals surface area contributed by atoms with Crippen molar-refractivity contribution in [2.24, 2.45) is 5.92 Å². The molecule has 2 aromatic carbocycles. The topological polar surface area (TPSA) is 58.6 Å². The van der Waals surface area contributed by atoms with E-state index >= 15 is 0 Å². The molecule has 1 atom stereocenters. The van der Waals surface area contributed by atoms with Crippen molar-refractivity contribution in [2.75, 3.05) is 6.54 Å². The highest BCUT2D eigenvalue weighted by atomic mass is 19.4. The number of nitrogens with one attached hydrogen (secondary N) is 1. The molecule has 0 bridgehead atoms. The maximum Gasteiger partial charge on any atom is 0.573 e. The lowest BCUT2D eigenvalue weighted by atomic mass is 10.1. The van der Waals surface area contributed by atoms with Gasteiger partial charge < -0.3 is 15.0 Å². The van der Waals surface area contributed by atoms with Gasteiger partial charge in [0.2, 0.25) is 11.8 Å². The Morgan fingerprint density at radius 2 is 1.75 bits per heavy atom. The van der Waals surface area contributed by atoms with Crippen LogP contribution in [-0.4, -0.2) is 29.6 Å². The first kappa shape index (κ1) is 19.7. The van der Waals surface area contributed by atoms with Gasteiger partial charge in [0.25, 0.3) is 0 Å². The van der Waals surface area contributed by atoms with Gasteiger partial charge in [-0.15, -0.1) is 13.2 Å². The van der Waals surface area contributed by atoms with E-state index in [1.165, 1.54) is 29.2 Å². The van der Waals surface area contributed by atoms with E-state index in [1.54, 1.807) is 0 Å². The molecule has 8 heteroatoms. The predicted octanol–water partition coefficient (Wildman–Crippen LogP) is 3.25. The van der Waals surface area contributed by atoms with Crippen LogP contribution in [0.25, 0.3) is 0 Å². The molecule has 1 N–H and O–H groups in total. The number of hydrogen-bond acceptors (Lipinski definition) is 3. The average molecular weight is 392 g/mol. The van der Waals surface area contributed by atoms with Crippen LogP contribution in [0.15, 0.2) is 54.6 Å². The largest absolute Gasteiger partial charge is 0.573 e. The number of likely N-dealkylation sites (tertiary alicyclic amines) is 1. The highest BCUT2D eigenvalue weighted by Gasteiger charge is 2.34. The van der Waals surface area contributed by atoms with Crippen LogP contribution in [0.3, 0.4) is 0 Å². The SMILES string of the molecule is O=C(NCc1ccccc1)[C@@H]1CC(=O)N(Cc2ccc(OC(F)(F)F)cc2)C1. The van der Waals surface area contributed by atoms with Crippen molar-refractivity contribution in [2.45, 2.75) is 25.9 Å². The number of hydrogen-bond donors (Lipinski definition) is 1. The first-order valence-corrected chi connectivity index (χ1v) is 8.74. The molecule has 28 heavy (non-hydrogen) atoms.